The van der Waals surface area contributed by atoms with Gasteiger partial charge in [-0.3, -0.25) is 9.59 Å². The molecule has 1 heterocycles. The summed E-state index contributed by atoms with van der Waals surface area (Å²) in [5, 5.41) is 2.95. The standard InChI is InChI=1S/C22H24N4O3/c1-22(2,3)25-21(28)16-9-10-19-17(11-16)26(13-15-7-5-4-6-8-15)14-20(29-19)18(27)12-24-23/h4-12,20H,13-14H2,1-3H3,(H,25,28). The van der Waals surface area contributed by atoms with Crippen LogP contribution in [0.5, 0.6) is 5.75 Å². The van der Waals surface area contributed by atoms with Crippen LogP contribution < -0.4 is 15.0 Å². The van der Waals surface area contributed by atoms with E-state index in [9.17, 15) is 9.59 Å². The SMILES string of the molecule is CC(C)(C)NC(=O)c1ccc2c(c1)N(Cc1ccccc1)CC(C(=O)C=[N+]=[N-])O2. The smallest absolute Gasteiger partial charge is 0.327 e. The van der Waals surface area contributed by atoms with Crippen molar-refractivity contribution in [2.75, 3.05) is 11.4 Å². The van der Waals surface area contributed by atoms with Crippen LogP contribution in [-0.4, -0.2) is 40.9 Å². The van der Waals surface area contributed by atoms with E-state index in [0.29, 0.717) is 17.9 Å². The Balaban J connectivity index is 1.95. The minimum Gasteiger partial charge on any atom is -0.478 e. The number of benzene rings is 2. The number of rotatable bonds is 5. The van der Waals surface area contributed by atoms with Crippen molar-refractivity contribution < 1.29 is 19.1 Å². The van der Waals surface area contributed by atoms with Gasteiger partial charge in [0.2, 0.25) is 0 Å². The molecular weight excluding hydrogens is 368 g/mol. The Morgan fingerprint density at radius 2 is 1.97 bits per heavy atom. The van der Waals surface area contributed by atoms with Gasteiger partial charge in [0, 0.05) is 17.6 Å². The van der Waals surface area contributed by atoms with E-state index in [2.05, 4.69) is 10.1 Å². The summed E-state index contributed by atoms with van der Waals surface area (Å²) in [6.45, 7) is 6.59. The van der Waals surface area contributed by atoms with Crippen molar-refractivity contribution in [3.63, 3.8) is 0 Å². The monoisotopic (exact) mass is 392 g/mol. The van der Waals surface area contributed by atoms with E-state index in [1.54, 1.807) is 18.2 Å². The van der Waals surface area contributed by atoms with Crippen LogP contribution >= 0.6 is 0 Å². The van der Waals surface area contributed by atoms with E-state index >= 15 is 0 Å². The van der Waals surface area contributed by atoms with Crippen LogP contribution in [-0.2, 0) is 11.3 Å². The number of hydrogen-bond acceptors (Lipinski definition) is 4. The summed E-state index contributed by atoms with van der Waals surface area (Å²) in [6, 6.07) is 15.0. The van der Waals surface area contributed by atoms with Crippen molar-refractivity contribution in [1.82, 2.24) is 5.32 Å². The Morgan fingerprint density at radius 1 is 1.24 bits per heavy atom. The van der Waals surface area contributed by atoms with Crippen molar-refractivity contribution in [3.05, 3.63) is 65.2 Å². The Kier molecular flexibility index (Phi) is 5.80. The Labute approximate surface area is 169 Å². The maximum atomic E-state index is 12.6. The molecular formula is C22H24N4O3. The molecule has 7 heteroatoms. The topological polar surface area (TPSA) is 95.0 Å². The molecule has 1 aliphatic heterocycles. The van der Waals surface area contributed by atoms with Crippen LogP contribution in [0.2, 0.25) is 0 Å². The van der Waals surface area contributed by atoms with E-state index in [4.69, 9.17) is 10.3 Å². The average Bonchev–Trinajstić information content (AvgIpc) is 2.67. The number of fused-ring (bicyclic) bond motifs is 1. The van der Waals surface area contributed by atoms with Crippen molar-refractivity contribution in [2.24, 2.45) is 0 Å². The molecule has 29 heavy (non-hydrogen) atoms. The molecule has 1 atom stereocenters. The minimum absolute atomic E-state index is 0.175. The van der Waals surface area contributed by atoms with Crippen molar-refractivity contribution in [3.8, 4) is 5.75 Å². The van der Waals surface area contributed by atoms with Gasteiger partial charge in [0.15, 0.2) is 6.10 Å². The highest BCUT2D eigenvalue weighted by atomic mass is 16.5. The van der Waals surface area contributed by atoms with Crippen LogP contribution in [0, 0.1) is 0 Å². The Morgan fingerprint density at radius 3 is 2.62 bits per heavy atom. The zero-order valence-corrected chi connectivity index (χ0v) is 16.8. The van der Waals surface area contributed by atoms with Crippen LogP contribution in [0.1, 0.15) is 36.7 Å². The molecule has 1 amide bonds. The van der Waals surface area contributed by atoms with Crippen LogP contribution in [0.4, 0.5) is 5.69 Å². The van der Waals surface area contributed by atoms with Crippen molar-refractivity contribution in [2.45, 2.75) is 39.0 Å². The lowest BCUT2D eigenvalue weighted by molar-refractivity contribution is -0.122. The van der Waals surface area contributed by atoms with Crippen molar-refractivity contribution >= 4 is 23.6 Å². The Bertz CT molecular complexity index is 960. The summed E-state index contributed by atoms with van der Waals surface area (Å²) < 4.78 is 5.82. The molecule has 0 spiro atoms. The van der Waals surface area contributed by atoms with Crippen LogP contribution in [0.15, 0.2) is 48.5 Å². The van der Waals surface area contributed by atoms with Gasteiger partial charge in [-0.1, -0.05) is 30.3 Å². The summed E-state index contributed by atoms with van der Waals surface area (Å²) >= 11 is 0. The summed E-state index contributed by atoms with van der Waals surface area (Å²) in [5.74, 6) is -0.0967. The summed E-state index contributed by atoms with van der Waals surface area (Å²) in [4.78, 5) is 29.6. The van der Waals surface area contributed by atoms with E-state index in [1.807, 2.05) is 56.0 Å². The van der Waals surface area contributed by atoms with Crippen LogP contribution in [0.3, 0.4) is 0 Å². The maximum absolute atomic E-state index is 12.6. The number of amides is 1. The molecule has 0 radical (unpaired) electrons. The number of carbonyl (C=O) groups excluding carboxylic acids is 2. The normalized spacial score (nSPS) is 15.6. The first-order valence-electron chi connectivity index (χ1n) is 9.40. The average molecular weight is 392 g/mol. The summed E-state index contributed by atoms with van der Waals surface area (Å²) in [5.41, 5.74) is 10.7. The molecule has 0 saturated carbocycles. The maximum Gasteiger partial charge on any atom is 0.327 e. The third-order valence-corrected chi connectivity index (χ3v) is 4.42. The fourth-order valence-electron chi connectivity index (χ4n) is 3.15. The highest BCUT2D eigenvalue weighted by Crippen LogP contribution is 2.35. The minimum atomic E-state index is -0.795. The van der Waals surface area contributed by atoms with Crippen molar-refractivity contribution in [1.29, 1.82) is 0 Å². The van der Waals surface area contributed by atoms with Gasteiger partial charge < -0.3 is 20.5 Å². The van der Waals surface area contributed by atoms with Crippen LogP contribution in [0.25, 0.3) is 5.53 Å². The van der Waals surface area contributed by atoms with Gasteiger partial charge in [-0.2, -0.15) is 4.79 Å². The molecule has 150 valence electrons. The number of nitrogens with one attached hydrogen (secondary N) is 1. The Hall–Kier alpha value is -3.44. The first kappa shape index (κ1) is 20.3. The fourth-order valence-corrected chi connectivity index (χ4v) is 3.15. The predicted molar refractivity (Wildman–Crippen MR) is 110 cm³/mol. The lowest BCUT2D eigenvalue weighted by Crippen LogP contribution is -2.45. The number of ketones is 1. The molecule has 0 saturated heterocycles. The number of carbonyl (C=O) groups is 2. The molecule has 0 aliphatic carbocycles. The first-order valence-corrected chi connectivity index (χ1v) is 9.40. The lowest BCUT2D eigenvalue weighted by atomic mass is 10.0. The van der Waals surface area contributed by atoms with Gasteiger partial charge in [0.1, 0.15) is 5.75 Å². The third-order valence-electron chi connectivity index (χ3n) is 4.42. The highest BCUT2D eigenvalue weighted by molar-refractivity contribution is 6.27. The second-order valence-electron chi connectivity index (χ2n) is 8.01. The molecule has 3 rings (SSSR count). The lowest BCUT2D eigenvalue weighted by Gasteiger charge is -2.35. The summed E-state index contributed by atoms with van der Waals surface area (Å²) in [7, 11) is 0. The van der Waals surface area contributed by atoms with Gasteiger partial charge in [-0.05, 0) is 44.5 Å². The van der Waals surface area contributed by atoms with Gasteiger partial charge in [0.05, 0.1) is 12.2 Å². The quantitative estimate of drug-likeness (QED) is 0.481. The largest absolute Gasteiger partial charge is 0.478 e. The number of anilines is 1. The van der Waals surface area contributed by atoms with E-state index in [-0.39, 0.29) is 18.0 Å². The zero-order chi connectivity index (χ0) is 21.0. The molecule has 2 aromatic rings. The first-order chi connectivity index (χ1) is 13.8. The molecule has 2 aromatic carbocycles. The third kappa shape index (κ3) is 5.09. The molecule has 1 aliphatic rings. The van der Waals surface area contributed by atoms with Gasteiger partial charge in [0.25, 0.3) is 11.7 Å². The second kappa shape index (κ2) is 8.29. The van der Waals surface area contributed by atoms with E-state index in [0.717, 1.165) is 17.5 Å². The van der Waals surface area contributed by atoms with Gasteiger partial charge in [-0.15, -0.1) is 0 Å². The molecule has 1 N–H and O–H groups in total. The zero-order valence-electron chi connectivity index (χ0n) is 16.8. The molecule has 1 unspecified atom stereocenters. The molecule has 7 nitrogen and oxygen atoms in total. The molecule has 0 aromatic heterocycles. The summed E-state index contributed by atoms with van der Waals surface area (Å²) in [6.07, 6.45) is 0.0537. The van der Waals surface area contributed by atoms with Gasteiger partial charge in [-0.25, -0.2) is 0 Å². The van der Waals surface area contributed by atoms with E-state index < -0.39 is 11.9 Å². The predicted octanol–water partition coefficient (Wildman–Crippen LogP) is 2.85. The van der Waals surface area contributed by atoms with E-state index in [1.165, 1.54) is 0 Å². The number of hydrogen-bond donors (Lipinski definition) is 1. The number of ether oxygens (including phenoxy) is 1. The highest BCUT2D eigenvalue weighted by Gasteiger charge is 2.32. The molecule has 0 bridgehead atoms. The number of Topliss-reactive ketones (excluding diaryl/α,β-unsaturated/α-hetero) is 1. The number of nitrogens with zero attached hydrogens (tertiary/aromatic N) is 3. The fraction of sp³-hybridized carbons (Fsp3) is 0.318. The molecule has 0 fully saturated rings. The van der Waals surface area contributed by atoms with Gasteiger partial charge >= 0.3 is 6.21 Å². The second-order valence-corrected chi connectivity index (χ2v) is 8.01.